The first-order chi connectivity index (χ1) is 10.5. The zero-order valence-corrected chi connectivity index (χ0v) is 13.6. The highest BCUT2D eigenvalue weighted by Crippen LogP contribution is 2.36. The van der Waals surface area contributed by atoms with Crippen molar-refractivity contribution in [3.05, 3.63) is 41.5 Å². The second kappa shape index (κ2) is 5.81. The van der Waals surface area contributed by atoms with Crippen LogP contribution in [0.5, 0.6) is 0 Å². The van der Waals surface area contributed by atoms with Crippen LogP contribution >= 0.6 is 0 Å². The van der Waals surface area contributed by atoms with Gasteiger partial charge in [-0.3, -0.25) is 0 Å². The van der Waals surface area contributed by atoms with Crippen LogP contribution in [-0.4, -0.2) is 23.2 Å². The third kappa shape index (κ3) is 3.05. The molecule has 6 nitrogen and oxygen atoms in total. The summed E-state index contributed by atoms with van der Waals surface area (Å²) in [6.07, 6.45) is 3.02. The summed E-state index contributed by atoms with van der Waals surface area (Å²) in [5.74, 6) is 1.51. The predicted molar refractivity (Wildman–Crippen MR) is 82.9 cm³/mol. The summed E-state index contributed by atoms with van der Waals surface area (Å²) in [7, 11) is -3.53. The molecular weight excluding hydrogens is 300 g/mol. The Bertz CT molecular complexity index is 779. The van der Waals surface area contributed by atoms with Gasteiger partial charge in [0.1, 0.15) is 11.6 Å². The Hall–Kier alpha value is -1.73. The third-order valence-electron chi connectivity index (χ3n) is 3.89. The summed E-state index contributed by atoms with van der Waals surface area (Å²) in [4.78, 5) is 0.293. The van der Waals surface area contributed by atoms with Crippen LogP contribution in [-0.2, 0) is 23.0 Å². The third-order valence-corrected chi connectivity index (χ3v) is 5.29. The summed E-state index contributed by atoms with van der Waals surface area (Å²) in [6.45, 7) is 4.06. The maximum atomic E-state index is 12.4. The van der Waals surface area contributed by atoms with Crippen LogP contribution < -0.4 is 4.72 Å². The number of aromatic nitrogens is 3. The fourth-order valence-corrected chi connectivity index (χ4v) is 3.57. The minimum Gasteiger partial charge on any atom is -0.311 e. The van der Waals surface area contributed by atoms with Crippen molar-refractivity contribution in [2.75, 3.05) is 0 Å². The second-order valence-electron chi connectivity index (χ2n) is 5.59. The Morgan fingerprint density at radius 3 is 2.77 bits per heavy atom. The highest BCUT2D eigenvalue weighted by molar-refractivity contribution is 7.89. The van der Waals surface area contributed by atoms with Gasteiger partial charge < -0.3 is 4.57 Å². The molecule has 0 amide bonds. The van der Waals surface area contributed by atoms with E-state index in [1.807, 2.05) is 24.5 Å². The molecule has 22 heavy (non-hydrogen) atoms. The van der Waals surface area contributed by atoms with Gasteiger partial charge >= 0.3 is 0 Å². The molecule has 1 heterocycles. The van der Waals surface area contributed by atoms with Gasteiger partial charge in [0.2, 0.25) is 10.0 Å². The smallest absolute Gasteiger partial charge is 0.240 e. The van der Waals surface area contributed by atoms with E-state index < -0.39 is 10.0 Å². The minimum atomic E-state index is -3.53. The van der Waals surface area contributed by atoms with Gasteiger partial charge in [-0.2, -0.15) is 0 Å². The average molecular weight is 320 g/mol. The van der Waals surface area contributed by atoms with E-state index >= 15 is 0 Å². The van der Waals surface area contributed by atoms with Crippen LogP contribution in [0.4, 0.5) is 0 Å². The first kappa shape index (κ1) is 15.2. The largest absolute Gasteiger partial charge is 0.311 e. The van der Waals surface area contributed by atoms with Crippen molar-refractivity contribution in [1.29, 1.82) is 0 Å². The van der Waals surface area contributed by atoms with Gasteiger partial charge in [-0.05, 0) is 43.9 Å². The first-order valence-electron chi connectivity index (χ1n) is 7.50. The van der Waals surface area contributed by atoms with Gasteiger partial charge in [0, 0.05) is 6.04 Å². The van der Waals surface area contributed by atoms with Crippen molar-refractivity contribution < 1.29 is 8.42 Å². The Morgan fingerprint density at radius 2 is 2.09 bits per heavy atom. The molecule has 1 saturated carbocycles. The number of aryl methyl sites for hydroxylation is 2. The lowest BCUT2D eigenvalue weighted by Crippen LogP contribution is -2.25. The molecule has 1 aromatic heterocycles. The van der Waals surface area contributed by atoms with Crippen LogP contribution in [0.15, 0.2) is 29.2 Å². The van der Waals surface area contributed by atoms with E-state index in [4.69, 9.17) is 0 Å². The van der Waals surface area contributed by atoms with Crippen molar-refractivity contribution in [3.63, 3.8) is 0 Å². The van der Waals surface area contributed by atoms with E-state index in [1.54, 1.807) is 18.2 Å². The molecule has 3 rings (SSSR count). The summed E-state index contributed by atoms with van der Waals surface area (Å²) in [5, 5.41) is 8.15. The number of hydrogen-bond acceptors (Lipinski definition) is 4. The number of nitrogens with one attached hydrogen (secondary N) is 1. The van der Waals surface area contributed by atoms with Crippen LogP contribution in [0.2, 0.25) is 0 Å². The summed E-state index contributed by atoms with van der Waals surface area (Å²) < 4.78 is 29.5. The van der Waals surface area contributed by atoms with Crippen molar-refractivity contribution in [1.82, 2.24) is 19.5 Å². The molecule has 0 saturated heterocycles. The molecule has 1 aliphatic carbocycles. The number of benzene rings is 1. The van der Waals surface area contributed by atoms with Gasteiger partial charge in [-0.1, -0.05) is 19.1 Å². The molecule has 0 radical (unpaired) electrons. The standard InChI is InChI=1S/C15H20N4O2S/c1-3-12-5-4-6-14(9-12)22(20,21)16-10-15-18-17-11(2)19(15)13-7-8-13/h4-6,9,13,16H,3,7-8,10H2,1-2H3. The molecular formula is C15H20N4O2S. The first-order valence-corrected chi connectivity index (χ1v) is 8.98. The highest BCUT2D eigenvalue weighted by Gasteiger charge is 2.28. The zero-order valence-electron chi connectivity index (χ0n) is 12.8. The molecule has 0 bridgehead atoms. The van der Waals surface area contributed by atoms with Crippen molar-refractivity contribution in [2.45, 2.75) is 50.6 Å². The van der Waals surface area contributed by atoms with Gasteiger partial charge in [0.25, 0.3) is 0 Å². The SMILES string of the molecule is CCc1cccc(S(=O)(=O)NCc2nnc(C)n2C2CC2)c1. The Balaban J connectivity index is 1.77. The van der Waals surface area contributed by atoms with Gasteiger partial charge in [-0.25, -0.2) is 13.1 Å². The molecule has 2 aromatic rings. The van der Waals surface area contributed by atoms with Crippen LogP contribution in [0.1, 0.15) is 43.0 Å². The summed E-state index contributed by atoms with van der Waals surface area (Å²) in [5.41, 5.74) is 1.000. The maximum absolute atomic E-state index is 12.4. The molecule has 0 spiro atoms. The fraction of sp³-hybridized carbons (Fsp3) is 0.467. The van der Waals surface area contributed by atoms with Gasteiger partial charge in [0.15, 0.2) is 0 Å². The Morgan fingerprint density at radius 1 is 1.32 bits per heavy atom. The molecule has 1 aliphatic rings. The van der Waals surface area contributed by atoms with Crippen LogP contribution in [0.3, 0.4) is 0 Å². The summed E-state index contributed by atoms with van der Waals surface area (Å²) in [6, 6.07) is 7.44. The number of hydrogen-bond donors (Lipinski definition) is 1. The van der Waals surface area contributed by atoms with Gasteiger partial charge in [0.05, 0.1) is 11.4 Å². The molecule has 7 heteroatoms. The molecule has 118 valence electrons. The maximum Gasteiger partial charge on any atom is 0.240 e. The molecule has 0 atom stereocenters. The Kier molecular flexibility index (Phi) is 4.01. The number of sulfonamides is 1. The molecule has 1 fully saturated rings. The quantitative estimate of drug-likeness (QED) is 0.882. The topological polar surface area (TPSA) is 76.9 Å². The summed E-state index contributed by atoms with van der Waals surface area (Å²) >= 11 is 0. The lowest BCUT2D eigenvalue weighted by atomic mass is 10.2. The van der Waals surface area contributed by atoms with E-state index in [9.17, 15) is 8.42 Å². The van der Waals surface area contributed by atoms with Gasteiger partial charge in [-0.15, -0.1) is 10.2 Å². The number of rotatable bonds is 6. The predicted octanol–water partition coefficient (Wildman–Crippen LogP) is 1.96. The van der Waals surface area contributed by atoms with E-state index in [2.05, 4.69) is 14.9 Å². The Labute approximate surface area is 130 Å². The van der Waals surface area contributed by atoms with Crippen LogP contribution in [0.25, 0.3) is 0 Å². The molecule has 1 N–H and O–H groups in total. The molecule has 1 aromatic carbocycles. The lowest BCUT2D eigenvalue weighted by Gasteiger charge is -2.09. The van der Waals surface area contributed by atoms with Crippen molar-refractivity contribution >= 4 is 10.0 Å². The average Bonchev–Trinajstić information content (AvgIpc) is 3.28. The normalized spacial score (nSPS) is 15.2. The molecule has 0 unspecified atom stereocenters. The van der Waals surface area contributed by atoms with Crippen molar-refractivity contribution in [3.8, 4) is 0 Å². The van der Waals surface area contributed by atoms with E-state index in [1.165, 1.54) is 0 Å². The lowest BCUT2D eigenvalue weighted by molar-refractivity contribution is 0.573. The van der Waals surface area contributed by atoms with E-state index in [0.29, 0.717) is 16.8 Å². The van der Waals surface area contributed by atoms with E-state index in [0.717, 1.165) is 30.7 Å². The molecule has 0 aliphatic heterocycles. The number of nitrogens with zero attached hydrogens (tertiary/aromatic N) is 3. The van der Waals surface area contributed by atoms with Crippen molar-refractivity contribution in [2.24, 2.45) is 0 Å². The van der Waals surface area contributed by atoms with E-state index in [-0.39, 0.29) is 6.54 Å². The highest BCUT2D eigenvalue weighted by atomic mass is 32.2. The second-order valence-corrected chi connectivity index (χ2v) is 7.36. The minimum absolute atomic E-state index is 0.163. The fourth-order valence-electron chi connectivity index (χ4n) is 2.52. The zero-order chi connectivity index (χ0) is 15.7. The monoisotopic (exact) mass is 320 g/mol. The van der Waals surface area contributed by atoms with Crippen LogP contribution in [0, 0.1) is 6.92 Å².